The summed E-state index contributed by atoms with van der Waals surface area (Å²) in [6.45, 7) is 9.65. The lowest BCUT2D eigenvalue weighted by Gasteiger charge is -2.48. The van der Waals surface area contributed by atoms with Crippen LogP contribution in [0.3, 0.4) is 0 Å². The van der Waals surface area contributed by atoms with Crippen molar-refractivity contribution in [1.82, 2.24) is 0 Å². The number of carbonyl (C=O) groups excluding carboxylic acids is 6. The summed E-state index contributed by atoms with van der Waals surface area (Å²) in [5.74, 6) is -5.44. The van der Waals surface area contributed by atoms with Crippen LogP contribution in [0.25, 0.3) is 0 Å². The van der Waals surface area contributed by atoms with Crippen LogP contribution in [0.5, 0.6) is 0 Å². The Labute approximate surface area is 237 Å². The van der Waals surface area contributed by atoms with Gasteiger partial charge in [0.25, 0.3) is 0 Å². The van der Waals surface area contributed by atoms with Gasteiger partial charge in [0, 0.05) is 53.4 Å². The first-order valence-electron chi connectivity index (χ1n) is 13.0. The summed E-state index contributed by atoms with van der Waals surface area (Å²) in [6.07, 6.45) is -9.12. The van der Waals surface area contributed by atoms with Crippen molar-refractivity contribution in [3.05, 3.63) is 0 Å². The minimum atomic E-state index is -1.35. The lowest BCUT2D eigenvalue weighted by molar-refractivity contribution is -0.345. The summed E-state index contributed by atoms with van der Waals surface area (Å²) >= 11 is 0. The molecule has 0 N–H and O–H groups in total. The fourth-order valence-corrected chi connectivity index (χ4v) is 4.69. The molecule has 2 aliphatic heterocycles. The van der Waals surface area contributed by atoms with Crippen molar-refractivity contribution < 1.29 is 71.4 Å². The third-order valence-corrected chi connectivity index (χ3v) is 6.34. The zero-order valence-electron chi connectivity index (χ0n) is 24.3. The summed E-state index contributed by atoms with van der Waals surface area (Å²) in [7, 11) is 0. The van der Waals surface area contributed by atoms with E-state index in [1.165, 1.54) is 27.7 Å². The molecule has 2 heterocycles. The number of hydrogen-bond donors (Lipinski definition) is 0. The van der Waals surface area contributed by atoms with Crippen molar-refractivity contribution in [3.63, 3.8) is 0 Å². The number of ether oxygens (including phenoxy) is 9. The van der Waals surface area contributed by atoms with Gasteiger partial charge in [0.05, 0.1) is 6.10 Å². The molecule has 2 fully saturated rings. The molecule has 0 radical (unpaired) electrons. The van der Waals surface area contributed by atoms with E-state index in [-0.39, 0.29) is 13.2 Å². The van der Waals surface area contributed by atoms with Crippen molar-refractivity contribution in [3.8, 4) is 0 Å². The third-order valence-electron chi connectivity index (χ3n) is 6.34. The van der Waals surface area contributed by atoms with Crippen LogP contribution in [0.2, 0.25) is 0 Å². The fraction of sp³-hybridized carbons (Fsp3) is 0.769. The number of esters is 6. The largest absolute Gasteiger partial charge is 0.463 e. The normalized spacial score (nSPS) is 33.1. The lowest BCUT2D eigenvalue weighted by atomic mass is 9.88. The number of hydrogen-bond acceptors (Lipinski definition) is 15. The molecule has 0 spiro atoms. The zero-order chi connectivity index (χ0) is 31.0. The molecule has 2 saturated heterocycles. The van der Waals surface area contributed by atoms with Gasteiger partial charge in [0.1, 0.15) is 31.5 Å². The van der Waals surface area contributed by atoms with Crippen LogP contribution in [0.15, 0.2) is 0 Å². The molecule has 0 amide bonds. The molecular weight excluding hydrogens is 552 g/mol. The molecule has 2 aliphatic rings. The topological polar surface area (TPSA) is 185 Å². The second kappa shape index (κ2) is 15.1. The average Bonchev–Trinajstić information content (AvgIpc) is 2.83. The summed E-state index contributed by atoms with van der Waals surface area (Å²) in [4.78, 5) is 70.7. The van der Waals surface area contributed by atoms with Crippen LogP contribution in [-0.2, 0) is 71.4 Å². The molecule has 232 valence electrons. The van der Waals surface area contributed by atoms with Crippen molar-refractivity contribution in [2.24, 2.45) is 11.8 Å². The highest BCUT2D eigenvalue weighted by Gasteiger charge is 2.53. The minimum Gasteiger partial charge on any atom is -0.463 e. The maximum absolute atomic E-state index is 12.0. The van der Waals surface area contributed by atoms with Crippen LogP contribution in [0.1, 0.15) is 55.4 Å². The Balaban J connectivity index is 2.48. The average molecular weight is 591 g/mol. The van der Waals surface area contributed by atoms with E-state index in [0.29, 0.717) is 0 Å². The molecule has 4 unspecified atom stereocenters. The highest BCUT2D eigenvalue weighted by atomic mass is 16.8. The van der Waals surface area contributed by atoms with Crippen LogP contribution in [0.4, 0.5) is 0 Å². The molecule has 0 bridgehead atoms. The molecular formula is C26H38O15. The van der Waals surface area contributed by atoms with Crippen LogP contribution >= 0.6 is 0 Å². The second-order valence-electron chi connectivity index (χ2n) is 9.84. The van der Waals surface area contributed by atoms with Gasteiger partial charge in [-0.25, -0.2) is 0 Å². The van der Waals surface area contributed by atoms with Crippen molar-refractivity contribution in [1.29, 1.82) is 0 Å². The molecule has 2 rings (SSSR count). The van der Waals surface area contributed by atoms with Gasteiger partial charge in [-0.1, -0.05) is 13.8 Å². The Morgan fingerprint density at radius 1 is 0.488 bits per heavy atom. The Morgan fingerprint density at radius 2 is 0.854 bits per heavy atom. The maximum Gasteiger partial charge on any atom is 0.305 e. The van der Waals surface area contributed by atoms with Gasteiger partial charge in [0.2, 0.25) is 6.29 Å². The summed E-state index contributed by atoms with van der Waals surface area (Å²) in [5.41, 5.74) is 0. The highest BCUT2D eigenvalue weighted by molar-refractivity contribution is 5.68. The number of rotatable bonds is 10. The zero-order valence-corrected chi connectivity index (χ0v) is 24.3. The van der Waals surface area contributed by atoms with Crippen LogP contribution in [-0.4, -0.2) is 98.2 Å². The van der Waals surface area contributed by atoms with Crippen molar-refractivity contribution in [2.75, 3.05) is 13.2 Å². The first kappa shape index (κ1) is 33.9. The fourth-order valence-electron chi connectivity index (χ4n) is 4.69. The molecule has 0 aromatic heterocycles. The summed E-state index contributed by atoms with van der Waals surface area (Å²) in [6, 6.07) is 0. The Kier molecular flexibility index (Phi) is 12.5. The van der Waals surface area contributed by atoms with Gasteiger partial charge in [-0.15, -0.1) is 0 Å². The van der Waals surface area contributed by atoms with Crippen molar-refractivity contribution >= 4 is 35.8 Å². The number of carbonyl (C=O) groups is 6. The maximum atomic E-state index is 12.0. The Bertz CT molecular complexity index is 976. The van der Waals surface area contributed by atoms with Gasteiger partial charge in [0.15, 0.2) is 18.5 Å². The van der Waals surface area contributed by atoms with E-state index in [1.54, 1.807) is 13.8 Å². The first-order valence-corrected chi connectivity index (χ1v) is 13.0. The standard InChI is InChI=1S/C26H38O15/c1-11-21(35-15(5)29)19(9-33-13(3)27)40-26(24(11)37-17(7)31)41-22-12(2)23(36-16(6)30)25(38-18(8)32)39-20(22)10-34-14(4)28/h11-12,19-26H,9-10H2,1-8H3/t11-,12-,19?,20?,21+,22-,23?,24?,25+,26-/m0/s1. The van der Waals surface area contributed by atoms with Crippen molar-refractivity contribution in [2.45, 2.75) is 105 Å². The minimum absolute atomic E-state index is 0.317. The molecule has 0 saturated carbocycles. The van der Waals surface area contributed by atoms with Gasteiger partial charge >= 0.3 is 35.8 Å². The molecule has 41 heavy (non-hydrogen) atoms. The third kappa shape index (κ3) is 9.93. The SMILES string of the molecule is CC(=O)OCC1O[C@@H](OC(C)=O)C(OC(C)=O)[C@@H](C)[C@@H]1O[C@@H]1OC(COC(C)=O)[C@H](OC(C)=O)[C@H](C)C1OC(C)=O. The van der Waals surface area contributed by atoms with E-state index < -0.39 is 96.9 Å². The summed E-state index contributed by atoms with van der Waals surface area (Å²) < 4.78 is 50.1. The second-order valence-corrected chi connectivity index (χ2v) is 9.84. The molecule has 15 nitrogen and oxygen atoms in total. The lowest BCUT2D eigenvalue weighted by Crippen LogP contribution is -2.62. The van der Waals surface area contributed by atoms with Crippen LogP contribution < -0.4 is 0 Å². The quantitative estimate of drug-likeness (QED) is 0.254. The summed E-state index contributed by atoms with van der Waals surface area (Å²) in [5, 5.41) is 0. The smallest absolute Gasteiger partial charge is 0.305 e. The predicted molar refractivity (Wildman–Crippen MR) is 132 cm³/mol. The molecule has 0 aromatic rings. The first-order chi connectivity index (χ1) is 19.1. The van der Waals surface area contributed by atoms with E-state index >= 15 is 0 Å². The monoisotopic (exact) mass is 590 g/mol. The van der Waals surface area contributed by atoms with Gasteiger partial charge in [-0.3, -0.25) is 28.8 Å². The van der Waals surface area contributed by atoms with Crippen LogP contribution in [0, 0.1) is 11.8 Å². The highest BCUT2D eigenvalue weighted by Crippen LogP contribution is 2.37. The van der Waals surface area contributed by atoms with E-state index in [2.05, 4.69) is 0 Å². The Morgan fingerprint density at radius 3 is 1.29 bits per heavy atom. The molecule has 0 aromatic carbocycles. The van der Waals surface area contributed by atoms with Gasteiger partial charge in [-0.2, -0.15) is 0 Å². The molecule has 10 atom stereocenters. The van der Waals surface area contributed by atoms with E-state index in [9.17, 15) is 28.8 Å². The Hall–Kier alpha value is -3.30. The predicted octanol–water partition coefficient (Wildman–Crippen LogP) is 0.578. The molecule has 15 heteroatoms. The van der Waals surface area contributed by atoms with E-state index in [1.807, 2.05) is 0 Å². The van der Waals surface area contributed by atoms with E-state index in [4.69, 9.17) is 42.6 Å². The molecule has 0 aliphatic carbocycles. The van der Waals surface area contributed by atoms with E-state index in [0.717, 1.165) is 13.8 Å². The van der Waals surface area contributed by atoms with Gasteiger partial charge < -0.3 is 42.6 Å². The van der Waals surface area contributed by atoms with Gasteiger partial charge in [-0.05, 0) is 0 Å².